The van der Waals surface area contributed by atoms with Crippen LogP contribution in [0, 0.1) is 0 Å². The van der Waals surface area contributed by atoms with Crippen molar-refractivity contribution in [3.8, 4) is 0 Å². The second-order valence-corrected chi connectivity index (χ2v) is 6.86. The van der Waals surface area contributed by atoms with Gasteiger partial charge in [0.1, 0.15) is 0 Å². The Balaban J connectivity index is 2.25. The molecule has 1 aromatic heterocycles. The van der Waals surface area contributed by atoms with Crippen molar-refractivity contribution in [3.63, 3.8) is 0 Å². The van der Waals surface area contributed by atoms with Crippen molar-refractivity contribution < 1.29 is 13.2 Å². The van der Waals surface area contributed by atoms with Crippen LogP contribution < -0.4 is 0 Å². The van der Waals surface area contributed by atoms with E-state index in [0.717, 1.165) is 17.2 Å². The third-order valence-corrected chi connectivity index (χ3v) is 4.97. The molecule has 1 heterocycles. The van der Waals surface area contributed by atoms with Crippen molar-refractivity contribution in [3.05, 3.63) is 36.0 Å². The molecule has 0 saturated carbocycles. The summed E-state index contributed by atoms with van der Waals surface area (Å²) in [5.74, 6) is 0.363. The Kier molecular flexibility index (Phi) is 4.04. The lowest BCUT2D eigenvalue weighted by Gasteiger charge is -2.06. The fraction of sp³-hybridized carbons (Fsp3) is 0.357. The van der Waals surface area contributed by atoms with E-state index in [4.69, 9.17) is 0 Å². The van der Waals surface area contributed by atoms with E-state index in [9.17, 15) is 13.2 Å². The molecule has 0 aliphatic heterocycles. The Morgan fingerprint density at radius 1 is 1.21 bits per heavy atom. The number of fused-ring (bicyclic) bond motifs is 1. The molecule has 0 aliphatic rings. The van der Waals surface area contributed by atoms with E-state index in [0.29, 0.717) is 18.5 Å². The van der Waals surface area contributed by atoms with Crippen molar-refractivity contribution in [2.45, 2.75) is 19.9 Å². The number of sulfone groups is 1. The van der Waals surface area contributed by atoms with Crippen molar-refractivity contribution in [2.24, 2.45) is 0 Å². The summed E-state index contributed by atoms with van der Waals surface area (Å²) in [7, 11) is -2.98. The van der Waals surface area contributed by atoms with Gasteiger partial charge in [-0.25, -0.2) is 8.42 Å². The quantitative estimate of drug-likeness (QED) is 0.762. The predicted molar refractivity (Wildman–Crippen MR) is 76.3 cm³/mol. The van der Waals surface area contributed by atoms with Crippen LogP contribution in [0.4, 0.5) is 0 Å². The molecule has 0 N–H and O–H groups in total. The van der Waals surface area contributed by atoms with Crippen LogP contribution in [0.25, 0.3) is 10.9 Å². The number of aryl methyl sites for hydroxylation is 1. The van der Waals surface area contributed by atoms with Crippen LogP contribution in [-0.2, 0) is 16.4 Å². The van der Waals surface area contributed by atoms with Crippen molar-refractivity contribution >= 4 is 27.0 Å². The van der Waals surface area contributed by atoms with Crippen molar-refractivity contribution in [1.82, 2.24) is 4.57 Å². The maximum absolute atomic E-state index is 11.7. The number of hydrogen-bond acceptors (Lipinski definition) is 3. The molecule has 0 atom stereocenters. The molecular formula is C14H17NO3S. The minimum absolute atomic E-state index is 0.135. The Bertz CT molecular complexity index is 686. The summed E-state index contributed by atoms with van der Waals surface area (Å²) in [5, 5.41) is 0.866. The van der Waals surface area contributed by atoms with E-state index in [-0.39, 0.29) is 11.5 Å². The zero-order valence-corrected chi connectivity index (χ0v) is 11.7. The van der Waals surface area contributed by atoms with Crippen LogP contribution in [0.2, 0.25) is 0 Å². The van der Waals surface area contributed by atoms with Crippen molar-refractivity contribution in [2.75, 3.05) is 11.5 Å². The van der Waals surface area contributed by atoms with Crippen LogP contribution in [0.1, 0.15) is 23.7 Å². The third kappa shape index (κ3) is 3.04. The van der Waals surface area contributed by atoms with E-state index >= 15 is 0 Å². The van der Waals surface area contributed by atoms with Gasteiger partial charge in [0.05, 0.1) is 5.75 Å². The van der Waals surface area contributed by atoms with Crippen LogP contribution in [0.5, 0.6) is 0 Å². The summed E-state index contributed by atoms with van der Waals surface area (Å²) in [6.07, 6.45) is 3.30. The molecular weight excluding hydrogens is 262 g/mol. The number of rotatable bonds is 6. The molecule has 0 bridgehead atoms. The van der Waals surface area contributed by atoms with Crippen molar-refractivity contribution in [1.29, 1.82) is 0 Å². The van der Waals surface area contributed by atoms with E-state index in [1.165, 1.54) is 0 Å². The van der Waals surface area contributed by atoms with Gasteiger partial charge in [-0.3, -0.25) is 4.79 Å². The highest BCUT2D eigenvalue weighted by Gasteiger charge is 2.11. The van der Waals surface area contributed by atoms with Gasteiger partial charge in [0.25, 0.3) is 0 Å². The molecule has 0 spiro atoms. The summed E-state index contributed by atoms with van der Waals surface area (Å²) in [5.41, 5.74) is 1.53. The summed E-state index contributed by atoms with van der Waals surface area (Å²) in [4.78, 5) is 10.9. The minimum Gasteiger partial charge on any atom is -0.346 e. The Hall–Kier alpha value is -1.62. The van der Waals surface area contributed by atoms with E-state index < -0.39 is 9.84 Å². The standard InChI is InChI=1S/C14H17NO3S/c1-2-9-19(17,18)10-8-15-7-6-13-12(11-16)4-3-5-14(13)15/h3-7,11H,2,8-10H2,1H3. The highest BCUT2D eigenvalue weighted by molar-refractivity contribution is 7.91. The second-order valence-electron chi connectivity index (χ2n) is 4.56. The molecule has 0 amide bonds. The molecule has 5 heteroatoms. The number of carbonyl (C=O) groups excluding carboxylic acids is 1. The van der Waals surface area contributed by atoms with Gasteiger partial charge in [0.2, 0.25) is 0 Å². The predicted octanol–water partition coefficient (Wildman–Crippen LogP) is 2.28. The van der Waals surface area contributed by atoms with Gasteiger partial charge in [0, 0.05) is 35.0 Å². The summed E-state index contributed by atoms with van der Waals surface area (Å²) in [6.45, 7) is 2.28. The summed E-state index contributed by atoms with van der Waals surface area (Å²) in [6, 6.07) is 7.32. The van der Waals surface area contributed by atoms with E-state index in [1.807, 2.05) is 35.9 Å². The van der Waals surface area contributed by atoms with Gasteiger partial charge < -0.3 is 4.57 Å². The zero-order valence-electron chi connectivity index (χ0n) is 10.9. The van der Waals surface area contributed by atoms with Crippen LogP contribution in [0.15, 0.2) is 30.5 Å². The van der Waals surface area contributed by atoms with Gasteiger partial charge >= 0.3 is 0 Å². The van der Waals surface area contributed by atoms with Gasteiger partial charge in [-0.2, -0.15) is 0 Å². The zero-order chi connectivity index (χ0) is 13.9. The fourth-order valence-electron chi connectivity index (χ4n) is 2.20. The molecule has 4 nitrogen and oxygen atoms in total. The molecule has 0 fully saturated rings. The van der Waals surface area contributed by atoms with E-state index in [1.54, 1.807) is 6.07 Å². The lowest BCUT2D eigenvalue weighted by Crippen LogP contribution is -2.15. The Morgan fingerprint density at radius 2 is 2.00 bits per heavy atom. The van der Waals surface area contributed by atoms with Gasteiger partial charge in [-0.05, 0) is 18.6 Å². The number of hydrogen-bond donors (Lipinski definition) is 0. The largest absolute Gasteiger partial charge is 0.346 e. The monoisotopic (exact) mass is 279 g/mol. The topological polar surface area (TPSA) is 56.1 Å². The molecule has 0 unspecified atom stereocenters. The lowest BCUT2D eigenvalue weighted by molar-refractivity contribution is 0.112. The third-order valence-electron chi connectivity index (χ3n) is 3.13. The molecule has 2 aromatic rings. The number of aldehydes is 1. The molecule has 0 saturated heterocycles. The highest BCUT2D eigenvalue weighted by Crippen LogP contribution is 2.19. The molecule has 102 valence electrons. The first kappa shape index (κ1) is 13.8. The average Bonchev–Trinajstić information content (AvgIpc) is 2.79. The van der Waals surface area contributed by atoms with E-state index in [2.05, 4.69) is 0 Å². The normalized spacial score (nSPS) is 11.8. The van der Waals surface area contributed by atoms with Gasteiger partial charge in [0.15, 0.2) is 16.1 Å². The number of nitrogens with zero attached hydrogens (tertiary/aromatic N) is 1. The first-order chi connectivity index (χ1) is 9.07. The maximum Gasteiger partial charge on any atom is 0.152 e. The molecule has 19 heavy (non-hydrogen) atoms. The summed E-state index contributed by atoms with van der Waals surface area (Å²) >= 11 is 0. The second kappa shape index (κ2) is 5.57. The number of benzene rings is 1. The first-order valence-corrected chi connectivity index (χ1v) is 8.13. The van der Waals surface area contributed by atoms with Crippen LogP contribution in [0.3, 0.4) is 0 Å². The van der Waals surface area contributed by atoms with Gasteiger partial charge in [-0.15, -0.1) is 0 Å². The summed E-state index contributed by atoms with van der Waals surface area (Å²) < 4.78 is 25.3. The highest BCUT2D eigenvalue weighted by atomic mass is 32.2. The lowest BCUT2D eigenvalue weighted by atomic mass is 10.1. The van der Waals surface area contributed by atoms with Gasteiger partial charge in [-0.1, -0.05) is 19.1 Å². The maximum atomic E-state index is 11.7. The minimum atomic E-state index is -2.98. The SMILES string of the molecule is CCCS(=O)(=O)CCn1ccc2c(C=O)cccc21. The Morgan fingerprint density at radius 3 is 2.68 bits per heavy atom. The molecule has 0 aliphatic carbocycles. The average molecular weight is 279 g/mol. The smallest absolute Gasteiger partial charge is 0.152 e. The number of carbonyl (C=O) groups is 1. The molecule has 1 aromatic carbocycles. The van der Waals surface area contributed by atoms with Crippen LogP contribution in [-0.4, -0.2) is 30.8 Å². The Labute approximate surface area is 113 Å². The molecule has 0 radical (unpaired) electrons. The molecule has 2 rings (SSSR count). The van der Waals surface area contributed by atoms with Crippen LogP contribution >= 0.6 is 0 Å². The number of aromatic nitrogens is 1. The first-order valence-electron chi connectivity index (χ1n) is 6.31. The fourth-order valence-corrected chi connectivity index (χ4v) is 3.50.